The summed E-state index contributed by atoms with van der Waals surface area (Å²) in [5.74, 6) is 1.66. The molecule has 4 rings (SSSR count). The van der Waals surface area contributed by atoms with Gasteiger partial charge in [-0.3, -0.25) is 4.79 Å². The number of hydrogen-bond acceptors (Lipinski definition) is 4. The van der Waals surface area contributed by atoms with Crippen LogP contribution in [0.5, 0.6) is 0 Å². The first-order valence-corrected chi connectivity index (χ1v) is 8.04. The third-order valence-electron chi connectivity index (χ3n) is 4.67. The van der Waals surface area contributed by atoms with E-state index in [0.717, 1.165) is 62.3 Å². The molecule has 2 aliphatic rings. The molecule has 0 unspecified atom stereocenters. The standard InChI is InChI=1S/C16H21N5O/c1-19-8-5-13-14(19)17-11-18-15(13)20-6-2-7-21(10-9-20)16(22)12-3-4-12/h5,8,11-12H,2-4,6-7,9-10H2,1H3. The number of rotatable bonds is 2. The van der Waals surface area contributed by atoms with Gasteiger partial charge in [0, 0.05) is 45.3 Å². The van der Waals surface area contributed by atoms with Crippen LogP contribution in [0.15, 0.2) is 18.6 Å². The molecule has 116 valence electrons. The molecule has 0 bridgehead atoms. The van der Waals surface area contributed by atoms with Gasteiger partial charge in [0.1, 0.15) is 17.8 Å². The molecule has 1 aliphatic heterocycles. The van der Waals surface area contributed by atoms with Crippen LogP contribution in [0.2, 0.25) is 0 Å². The lowest BCUT2D eigenvalue weighted by atomic mass is 10.3. The predicted octanol–water partition coefficient (Wildman–Crippen LogP) is 1.42. The summed E-state index contributed by atoms with van der Waals surface area (Å²) < 4.78 is 2.02. The zero-order valence-corrected chi connectivity index (χ0v) is 12.9. The zero-order valence-electron chi connectivity index (χ0n) is 12.9. The number of hydrogen-bond donors (Lipinski definition) is 0. The number of aryl methyl sites for hydroxylation is 1. The zero-order chi connectivity index (χ0) is 15.1. The monoisotopic (exact) mass is 299 g/mol. The Kier molecular flexibility index (Phi) is 3.24. The Morgan fingerprint density at radius 3 is 2.86 bits per heavy atom. The third-order valence-corrected chi connectivity index (χ3v) is 4.67. The molecule has 6 nitrogen and oxygen atoms in total. The number of nitrogens with zero attached hydrogens (tertiary/aromatic N) is 5. The highest BCUT2D eigenvalue weighted by Crippen LogP contribution is 2.31. The van der Waals surface area contributed by atoms with E-state index in [1.165, 1.54) is 0 Å². The second kappa shape index (κ2) is 5.26. The molecule has 0 radical (unpaired) electrons. The van der Waals surface area contributed by atoms with Crippen molar-refractivity contribution >= 4 is 22.8 Å². The summed E-state index contributed by atoms with van der Waals surface area (Å²) >= 11 is 0. The molecule has 1 amide bonds. The van der Waals surface area contributed by atoms with Gasteiger partial charge >= 0.3 is 0 Å². The van der Waals surface area contributed by atoms with Crippen LogP contribution in [-0.4, -0.2) is 51.5 Å². The Morgan fingerprint density at radius 1 is 1.18 bits per heavy atom. The van der Waals surface area contributed by atoms with E-state index in [0.29, 0.717) is 11.8 Å². The van der Waals surface area contributed by atoms with Crippen LogP contribution in [0.1, 0.15) is 19.3 Å². The highest BCUT2D eigenvalue weighted by atomic mass is 16.2. The molecular weight excluding hydrogens is 278 g/mol. The predicted molar refractivity (Wildman–Crippen MR) is 84.6 cm³/mol. The largest absolute Gasteiger partial charge is 0.354 e. The summed E-state index contributed by atoms with van der Waals surface area (Å²) in [6.45, 7) is 3.46. The van der Waals surface area contributed by atoms with E-state index in [9.17, 15) is 4.79 Å². The fraction of sp³-hybridized carbons (Fsp3) is 0.562. The molecule has 22 heavy (non-hydrogen) atoms. The number of carbonyl (C=O) groups excluding carboxylic acids is 1. The smallest absolute Gasteiger partial charge is 0.225 e. The minimum atomic E-state index is 0.312. The summed E-state index contributed by atoms with van der Waals surface area (Å²) in [5.41, 5.74) is 0.958. The van der Waals surface area contributed by atoms with E-state index in [1.807, 2.05) is 22.7 Å². The summed E-state index contributed by atoms with van der Waals surface area (Å²) in [6, 6.07) is 2.07. The van der Waals surface area contributed by atoms with Gasteiger partial charge < -0.3 is 14.4 Å². The van der Waals surface area contributed by atoms with E-state index in [1.54, 1.807) is 6.33 Å². The normalized spacial score (nSPS) is 19.5. The van der Waals surface area contributed by atoms with E-state index in [-0.39, 0.29) is 0 Å². The minimum Gasteiger partial charge on any atom is -0.354 e. The highest BCUT2D eigenvalue weighted by Gasteiger charge is 2.34. The number of anilines is 1. The molecule has 1 aliphatic carbocycles. The average molecular weight is 299 g/mol. The first-order valence-electron chi connectivity index (χ1n) is 8.04. The van der Waals surface area contributed by atoms with E-state index in [2.05, 4.69) is 20.9 Å². The molecule has 0 aromatic carbocycles. The van der Waals surface area contributed by atoms with E-state index < -0.39 is 0 Å². The van der Waals surface area contributed by atoms with Crippen LogP contribution in [0.25, 0.3) is 11.0 Å². The quantitative estimate of drug-likeness (QED) is 0.841. The maximum absolute atomic E-state index is 12.3. The van der Waals surface area contributed by atoms with Crippen LogP contribution >= 0.6 is 0 Å². The Morgan fingerprint density at radius 2 is 2.05 bits per heavy atom. The van der Waals surface area contributed by atoms with E-state index >= 15 is 0 Å². The van der Waals surface area contributed by atoms with Gasteiger partial charge in [-0.2, -0.15) is 0 Å². The molecule has 1 saturated carbocycles. The van der Waals surface area contributed by atoms with Gasteiger partial charge in [0.05, 0.1) is 5.39 Å². The fourth-order valence-corrected chi connectivity index (χ4v) is 3.25. The molecule has 3 heterocycles. The molecule has 6 heteroatoms. The molecule has 2 fully saturated rings. The van der Waals surface area contributed by atoms with E-state index in [4.69, 9.17) is 0 Å². The van der Waals surface area contributed by atoms with Crippen LogP contribution in [-0.2, 0) is 11.8 Å². The molecule has 0 N–H and O–H groups in total. The average Bonchev–Trinajstić information content (AvgIpc) is 3.34. The molecule has 0 atom stereocenters. The maximum Gasteiger partial charge on any atom is 0.225 e. The summed E-state index contributed by atoms with van der Waals surface area (Å²) in [4.78, 5) is 25.4. The summed E-state index contributed by atoms with van der Waals surface area (Å²) in [5, 5.41) is 1.09. The van der Waals surface area contributed by atoms with Crippen molar-refractivity contribution in [1.29, 1.82) is 0 Å². The third kappa shape index (κ3) is 2.32. The van der Waals surface area contributed by atoms with Crippen LogP contribution in [0.3, 0.4) is 0 Å². The Hall–Kier alpha value is -2.11. The van der Waals surface area contributed by atoms with Gasteiger partial charge in [-0.05, 0) is 25.3 Å². The van der Waals surface area contributed by atoms with Gasteiger partial charge in [0.25, 0.3) is 0 Å². The molecular formula is C16H21N5O. The Balaban J connectivity index is 1.56. The molecule has 0 spiro atoms. The van der Waals surface area contributed by atoms with Crippen molar-refractivity contribution in [2.24, 2.45) is 13.0 Å². The highest BCUT2D eigenvalue weighted by molar-refractivity contribution is 5.88. The molecule has 2 aromatic heterocycles. The van der Waals surface area contributed by atoms with Gasteiger partial charge in [-0.25, -0.2) is 9.97 Å². The Bertz CT molecular complexity index is 706. The first-order chi connectivity index (χ1) is 10.7. The lowest BCUT2D eigenvalue weighted by molar-refractivity contribution is -0.132. The van der Waals surface area contributed by atoms with Crippen LogP contribution < -0.4 is 4.90 Å². The van der Waals surface area contributed by atoms with Gasteiger partial charge in [-0.15, -0.1) is 0 Å². The summed E-state index contributed by atoms with van der Waals surface area (Å²) in [7, 11) is 2.00. The number of carbonyl (C=O) groups is 1. The lowest BCUT2D eigenvalue weighted by Crippen LogP contribution is -2.36. The minimum absolute atomic E-state index is 0.312. The van der Waals surface area contributed by atoms with Crippen molar-refractivity contribution in [2.75, 3.05) is 31.1 Å². The lowest BCUT2D eigenvalue weighted by Gasteiger charge is -2.23. The van der Waals surface area contributed by atoms with Crippen molar-refractivity contribution in [3.8, 4) is 0 Å². The maximum atomic E-state index is 12.3. The van der Waals surface area contributed by atoms with Gasteiger partial charge in [-0.1, -0.05) is 0 Å². The van der Waals surface area contributed by atoms with Crippen molar-refractivity contribution in [3.05, 3.63) is 18.6 Å². The van der Waals surface area contributed by atoms with Crippen molar-refractivity contribution < 1.29 is 4.79 Å². The number of aromatic nitrogens is 3. The van der Waals surface area contributed by atoms with Crippen molar-refractivity contribution in [3.63, 3.8) is 0 Å². The van der Waals surface area contributed by atoms with Crippen LogP contribution in [0, 0.1) is 5.92 Å². The SMILES string of the molecule is Cn1ccc2c(N3CCCN(C(=O)C4CC4)CC3)ncnc21. The molecule has 1 saturated heterocycles. The number of amides is 1. The van der Waals surface area contributed by atoms with Crippen LogP contribution in [0.4, 0.5) is 5.82 Å². The summed E-state index contributed by atoms with van der Waals surface area (Å²) in [6.07, 6.45) is 6.81. The van der Waals surface area contributed by atoms with Gasteiger partial charge in [0.2, 0.25) is 5.91 Å². The van der Waals surface area contributed by atoms with Crippen molar-refractivity contribution in [1.82, 2.24) is 19.4 Å². The first kappa shape index (κ1) is 13.5. The van der Waals surface area contributed by atoms with Crippen molar-refractivity contribution in [2.45, 2.75) is 19.3 Å². The molecule has 2 aromatic rings. The second-order valence-electron chi connectivity index (χ2n) is 6.30. The Labute approximate surface area is 129 Å². The number of fused-ring (bicyclic) bond motifs is 1. The second-order valence-corrected chi connectivity index (χ2v) is 6.30. The fourth-order valence-electron chi connectivity index (χ4n) is 3.25. The topological polar surface area (TPSA) is 54.3 Å². The van der Waals surface area contributed by atoms with Gasteiger partial charge in [0.15, 0.2) is 0 Å².